The molecule has 0 fully saturated rings. The summed E-state index contributed by atoms with van der Waals surface area (Å²) in [6, 6.07) is 2.74. The van der Waals surface area contributed by atoms with Crippen molar-refractivity contribution in [2.45, 2.75) is 6.92 Å². The molecule has 0 radical (unpaired) electrons. The van der Waals surface area contributed by atoms with Gasteiger partial charge in [-0.05, 0) is 12.5 Å². The second-order valence-electron chi connectivity index (χ2n) is 1.85. The van der Waals surface area contributed by atoms with E-state index in [1.54, 1.807) is 13.0 Å². The van der Waals surface area contributed by atoms with Crippen molar-refractivity contribution in [1.29, 1.82) is 0 Å². The maximum Gasteiger partial charge on any atom is 0.371 e. The predicted octanol–water partition coefficient (Wildman–Crippen LogP) is 0.768. The first-order valence-electron chi connectivity index (χ1n) is 2.55. The molecule has 0 unspecified atom stereocenters. The lowest BCUT2D eigenvalue weighted by molar-refractivity contribution is -0.637. The third kappa shape index (κ3) is 1.16. The lowest BCUT2D eigenvalue weighted by Crippen LogP contribution is -2.30. The Morgan fingerprint density at radius 1 is 1.67 bits per heavy atom. The normalized spacial score (nSPS) is 9.56. The van der Waals surface area contributed by atoms with Gasteiger partial charge in [0, 0.05) is 12.1 Å². The van der Waals surface area contributed by atoms with E-state index in [0.29, 0.717) is 0 Å². The SMILES string of the molecule is Cc1cc[n+]([O-])c(F)c1. The largest absolute Gasteiger partial charge is 0.617 e. The molecular formula is C6H6FNO. The van der Waals surface area contributed by atoms with E-state index in [9.17, 15) is 9.60 Å². The van der Waals surface area contributed by atoms with Gasteiger partial charge in [-0.3, -0.25) is 0 Å². The molecule has 1 rings (SSSR count). The Balaban J connectivity index is 3.17. The van der Waals surface area contributed by atoms with Crippen molar-refractivity contribution < 1.29 is 9.12 Å². The van der Waals surface area contributed by atoms with Crippen LogP contribution in [0.3, 0.4) is 0 Å². The molecule has 0 bridgehead atoms. The molecule has 0 spiro atoms. The lowest BCUT2D eigenvalue weighted by Gasteiger charge is -1.95. The smallest absolute Gasteiger partial charge is 0.371 e. The Morgan fingerprint density at radius 2 is 2.33 bits per heavy atom. The summed E-state index contributed by atoms with van der Waals surface area (Å²) in [7, 11) is 0. The van der Waals surface area contributed by atoms with Crippen LogP contribution in [0.1, 0.15) is 5.56 Å². The molecule has 0 aliphatic rings. The van der Waals surface area contributed by atoms with Crippen LogP contribution in [0, 0.1) is 18.1 Å². The molecule has 0 N–H and O–H groups in total. The van der Waals surface area contributed by atoms with Gasteiger partial charge >= 0.3 is 5.95 Å². The number of hydrogen-bond acceptors (Lipinski definition) is 1. The molecule has 3 heteroatoms. The minimum absolute atomic E-state index is 0.188. The fraction of sp³-hybridized carbons (Fsp3) is 0.167. The van der Waals surface area contributed by atoms with Gasteiger partial charge in [0.2, 0.25) is 0 Å². The minimum atomic E-state index is -0.755. The number of hydrogen-bond donors (Lipinski definition) is 0. The van der Waals surface area contributed by atoms with Crippen LogP contribution in [0.2, 0.25) is 0 Å². The number of rotatable bonds is 0. The maximum absolute atomic E-state index is 12.2. The zero-order valence-electron chi connectivity index (χ0n) is 4.97. The van der Waals surface area contributed by atoms with E-state index in [2.05, 4.69) is 0 Å². The minimum Gasteiger partial charge on any atom is -0.617 e. The van der Waals surface area contributed by atoms with Gasteiger partial charge in [-0.2, -0.15) is 0 Å². The Hall–Kier alpha value is -1.12. The summed E-state index contributed by atoms with van der Waals surface area (Å²) in [5.74, 6) is -0.755. The molecule has 0 aromatic carbocycles. The van der Waals surface area contributed by atoms with Crippen LogP contribution in [0.15, 0.2) is 18.3 Å². The molecule has 0 aliphatic carbocycles. The number of pyridine rings is 1. The summed E-state index contributed by atoms with van der Waals surface area (Å²) in [6.07, 6.45) is 1.14. The molecule has 0 saturated heterocycles. The average Bonchev–Trinajstić information content (AvgIpc) is 1.80. The zero-order valence-corrected chi connectivity index (χ0v) is 4.97. The highest BCUT2D eigenvalue weighted by molar-refractivity contribution is 5.04. The van der Waals surface area contributed by atoms with Crippen molar-refractivity contribution in [1.82, 2.24) is 0 Å². The zero-order chi connectivity index (χ0) is 6.85. The van der Waals surface area contributed by atoms with Crippen LogP contribution in [0.4, 0.5) is 4.39 Å². The van der Waals surface area contributed by atoms with Crippen molar-refractivity contribution >= 4 is 0 Å². The van der Waals surface area contributed by atoms with Crippen LogP contribution in [-0.2, 0) is 0 Å². The predicted molar refractivity (Wildman–Crippen MR) is 30.1 cm³/mol. The van der Waals surface area contributed by atoms with Crippen molar-refractivity contribution in [3.8, 4) is 0 Å². The highest BCUT2D eigenvalue weighted by atomic mass is 19.1. The Kier molecular flexibility index (Phi) is 1.34. The van der Waals surface area contributed by atoms with E-state index in [4.69, 9.17) is 0 Å². The number of aromatic nitrogens is 1. The summed E-state index contributed by atoms with van der Waals surface area (Å²) in [5, 5.41) is 10.3. The molecule has 0 amide bonds. The van der Waals surface area contributed by atoms with Gasteiger partial charge in [0.25, 0.3) is 0 Å². The van der Waals surface area contributed by atoms with Crippen molar-refractivity contribution in [3.05, 3.63) is 35.0 Å². The van der Waals surface area contributed by atoms with Crippen LogP contribution in [0.5, 0.6) is 0 Å². The van der Waals surface area contributed by atoms with Gasteiger partial charge in [-0.25, -0.2) is 0 Å². The van der Waals surface area contributed by atoms with Crippen molar-refractivity contribution in [3.63, 3.8) is 0 Å². The molecule has 0 saturated carbocycles. The highest BCUT2D eigenvalue weighted by Gasteiger charge is 1.99. The fourth-order valence-corrected chi connectivity index (χ4v) is 0.556. The van der Waals surface area contributed by atoms with Gasteiger partial charge in [0.15, 0.2) is 6.20 Å². The van der Waals surface area contributed by atoms with Crippen LogP contribution in [-0.4, -0.2) is 0 Å². The average molecular weight is 127 g/mol. The third-order valence-corrected chi connectivity index (χ3v) is 1.03. The van der Waals surface area contributed by atoms with Crippen LogP contribution >= 0.6 is 0 Å². The standard InChI is InChI=1S/C6H6FNO/c1-5-2-3-8(9)6(7)4-5/h2-4H,1H3. The second-order valence-corrected chi connectivity index (χ2v) is 1.85. The van der Waals surface area contributed by atoms with Gasteiger partial charge in [0.1, 0.15) is 0 Å². The summed E-state index contributed by atoms with van der Waals surface area (Å²) in [6.45, 7) is 1.73. The van der Waals surface area contributed by atoms with Crippen LogP contribution in [0.25, 0.3) is 0 Å². The topological polar surface area (TPSA) is 26.9 Å². The molecule has 48 valence electrons. The number of halogens is 1. The highest BCUT2D eigenvalue weighted by Crippen LogP contribution is 1.94. The van der Waals surface area contributed by atoms with E-state index in [-0.39, 0.29) is 4.73 Å². The monoisotopic (exact) mass is 127 g/mol. The summed E-state index contributed by atoms with van der Waals surface area (Å²) >= 11 is 0. The summed E-state index contributed by atoms with van der Waals surface area (Å²) in [4.78, 5) is 0. The first-order valence-corrected chi connectivity index (χ1v) is 2.55. The lowest BCUT2D eigenvalue weighted by atomic mass is 10.3. The Labute approximate surface area is 52.1 Å². The molecule has 1 aromatic rings. The van der Waals surface area contributed by atoms with Crippen molar-refractivity contribution in [2.75, 3.05) is 0 Å². The van der Waals surface area contributed by atoms with Gasteiger partial charge in [-0.15, -0.1) is 9.12 Å². The Morgan fingerprint density at radius 3 is 2.78 bits per heavy atom. The maximum atomic E-state index is 12.2. The van der Waals surface area contributed by atoms with E-state index >= 15 is 0 Å². The number of nitrogens with zero attached hydrogens (tertiary/aromatic N) is 1. The van der Waals surface area contributed by atoms with Crippen LogP contribution < -0.4 is 4.73 Å². The first kappa shape index (κ1) is 6.01. The molecular weight excluding hydrogens is 121 g/mol. The molecule has 0 atom stereocenters. The fourth-order valence-electron chi connectivity index (χ4n) is 0.556. The first-order chi connectivity index (χ1) is 4.20. The molecule has 0 aliphatic heterocycles. The molecule has 2 nitrogen and oxygen atoms in total. The second kappa shape index (κ2) is 2.01. The molecule has 1 aromatic heterocycles. The van der Waals surface area contributed by atoms with E-state index in [1.165, 1.54) is 6.07 Å². The van der Waals surface area contributed by atoms with E-state index in [0.717, 1.165) is 11.8 Å². The van der Waals surface area contributed by atoms with Crippen molar-refractivity contribution in [2.24, 2.45) is 0 Å². The quantitative estimate of drug-likeness (QED) is 0.287. The van der Waals surface area contributed by atoms with Gasteiger partial charge < -0.3 is 5.21 Å². The van der Waals surface area contributed by atoms with Gasteiger partial charge in [-0.1, -0.05) is 0 Å². The molecule has 9 heavy (non-hydrogen) atoms. The summed E-state index contributed by atoms with van der Waals surface area (Å²) < 4.78 is 12.4. The Bertz CT molecular complexity index is 224. The molecule has 1 heterocycles. The summed E-state index contributed by atoms with van der Waals surface area (Å²) in [5.41, 5.74) is 0.750. The van der Waals surface area contributed by atoms with E-state index < -0.39 is 5.95 Å². The third-order valence-electron chi connectivity index (χ3n) is 1.03. The number of aryl methyl sites for hydroxylation is 1. The van der Waals surface area contributed by atoms with Gasteiger partial charge in [0.05, 0.1) is 0 Å². The van der Waals surface area contributed by atoms with E-state index in [1.807, 2.05) is 0 Å².